The summed E-state index contributed by atoms with van der Waals surface area (Å²) in [6.45, 7) is 2.98. The lowest BCUT2D eigenvalue weighted by atomic mass is 9.65. The first-order chi connectivity index (χ1) is 8.67. The molecule has 1 atom stereocenters. The van der Waals surface area contributed by atoms with Crippen LogP contribution in [0.2, 0.25) is 0 Å². The maximum Gasteiger partial charge on any atom is 0.326 e. The normalized spacial score (nSPS) is 26.7. The van der Waals surface area contributed by atoms with Gasteiger partial charge in [0.15, 0.2) is 0 Å². The summed E-state index contributed by atoms with van der Waals surface area (Å²) in [5.74, 6) is -0.0796. The zero-order valence-corrected chi connectivity index (χ0v) is 10.8. The molecule has 3 nitrogen and oxygen atoms in total. The number of hydroxylamine groups is 2. The van der Waals surface area contributed by atoms with Gasteiger partial charge in [0.2, 0.25) is 0 Å². The van der Waals surface area contributed by atoms with Gasteiger partial charge < -0.3 is 4.84 Å². The Kier molecular flexibility index (Phi) is 2.86. The van der Waals surface area contributed by atoms with Crippen LogP contribution >= 0.6 is 0 Å². The van der Waals surface area contributed by atoms with E-state index >= 15 is 0 Å². The Balaban J connectivity index is 1.75. The lowest BCUT2D eigenvalue weighted by Crippen LogP contribution is -2.45. The van der Waals surface area contributed by atoms with Crippen LogP contribution in [-0.4, -0.2) is 17.1 Å². The average Bonchev–Trinajstić information content (AvgIpc) is 2.69. The van der Waals surface area contributed by atoms with E-state index in [9.17, 15) is 4.79 Å². The molecule has 0 aromatic heterocycles. The molecule has 96 valence electrons. The van der Waals surface area contributed by atoms with E-state index in [0.29, 0.717) is 13.0 Å². The van der Waals surface area contributed by atoms with E-state index in [-0.39, 0.29) is 17.4 Å². The third-order valence-electron chi connectivity index (χ3n) is 4.41. The van der Waals surface area contributed by atoms with E-state index in [4.69, 9.17) is 4.84 Å². The number of hydrogen-bond donors (Lipinski definition) is 0. The summed E-state index contributed by atoms with van der Waals surface area (Å²) in [6.07, 6.45) is 4.24. The van der Waals surface area contributed by atoms with Crippen LogP contribution in [0.1, 0.15) is 38.2 Å². The Bertz CT molecular complexity index is 439. The molecule has 3 rings (SSSR count). The van der Waals surface area contributed by atoms with Crippen molar-refractivity contribution in [1.82, 2.24) is 5.06 Å². The van der Waals surface area contributed by atoms with Crippen LogP contribution in [0.15, 0.2) is 30.3 Å². The summed E-state index contributed by atoms with van der Waals surface area (Å²) >= 11 is 0. The van der Waals surface area contributed by atoms with Crippen molar-refractivity contribution in [1.29, 1.82) is 0 Å². The third-order valence-corrected chi connectivity index (χ3v) is 4.41. The fourth-order valence-electron chi connectivity index (χ4n) is 3.06. The van der Waals surface area contributed by atoms with Crippen LogP contribution in [0.4, 0.5) is 0 Å². The van der Waals surface area contributed by atoms with Gasteiger partial charge in [-0.1, -0.05) is 43.7 Å². The van der Waals surface area contributed by atoms with Crippen LogP contribution in [-0.2, 0) is 16.2 Å². The Hall–Kier alpha value is -1.35. The van der Waals surface area contributed by atoms with Gasteiger partial charge >= 0.3 is 5.97 Å². The second kappa shape index (κ2) is 4.39. The van der Waals surface area contributed by atoms with Crippen LogP contribution < -0.4 is 0 Å². The molecule has 1 saturated carbocycles. The molecular weight excluding hydrogens is 226 g/mol. The number of carbonyl (C=O) groups is 1. The molecule has 3 heteroatoms. The SMILES string of the molecule is CC1(C2CC(=O)ON2Cc2ccccc2)CCC1. The van der Waals surface area contributed by atoms with E-state index in [1.165, 1.54) is 24.8 Å². The Morgan fingerprint density at radius 1 is 1.33 bits per heavy atom. The van der Waals surface area contributed by atoms with Crippen LogP contribution in [0.5, 0.6) is 0 Å². The lowest BCUT2D eigenvalue weighted by molar-refractivity contribution is -0.188. The number of benzene rings is 1. The summed E-state index contributed by atoms with van der Waals surface area (Å²) in [4.78, 5) is 17.0. The standard InChI is InChI=1S/C15H19NO2/c1-15(8-5-9-15)13-10-14(17)18-16(13)11-12-6-3-2-4-7-12/h2-4,6-7,13H,5,8-11H2,1H3. The van der Waals surface area contributed by atoms with Gasteiger partial charge in [0.1, 0.15) is 0 Å². The summed E-state index contributed by atoms with van der Waals surface area (Å²) in [7, 11) is 0. The molecule has 1 unspecified atom stereocenters. The summed E-state index contributed by atoms with van der Waals surface area (Å²) < 4.78 is 0. The van der Waals surface area contributed by atoms with Gasteiger partial charge in [-0.25, -0.2) is 0 Å². The van der Waals surface area contributed by atoms with Crippen LogP contribution in [0.3, 0.4) is 0 Å². The number of hydrogen-bond acceptors (Lipinski definition) is 3. The highest BCUT2D eigenvalue weighted by atomic mass is 16.7. The molecule has 1 aromatic carbocycles. The molecule has 0 bridgehead atoms. The first-order valence-corrected chi connectivity index (χ1v) is 6.69. The van der Waals surface area contributed by atoms with Crippen LogP contribution in [0.25, 0.3) is 0 Å². The molecular formula is C15H19NO2. The van der Waals surface area contributed by atoms with Gasteiger partial charge in [-0.3, -0.25) is 4.79 Å². The fourth-order valence-corrected chi connectivity index (χ4v) is 3.06. The Labute approximate surface area is 108 Å². The minimum atomic E-state index is -0.0796. The third kappa shape index (κ3) is 2.03. The van der Waals surface area contributed by atoms with E-state index in [2.05, 4.69) is 19.1 Å². The van der Waals surface area contributed by atoms with Crippen molar-refractivity contribution in [3.05, 3.63) is 35.9 Å². The first kappa shape index (κ1) is 11.7. The molecule has 1 aliphatic carbocycles. The highest BCUT2D eigenvalue weighted by Gasteiger charge is 2.48. The fraction of sp³-hybridized carbons (Fsp3) is 0.533. The molecule has 2 fully saturated rings. The molecule has 0 radical (unpaired) electrons. The molecule has 1 saturated heterocycles. The van der Waals surface area contributed by atoms with E-state index in [0.717, 1.165) is 0 Å². The molecule has 1 aromatic rings. The molecule has 0 spiro atoms. The van der Waals surface area contributed by atoms with Crippen molar-refractivity contribution in [2.75, 3.05) is 0 Å². The molecule has 0 N–H and O–H groups in total. The minimum absolute atomic E-state index is 0.0796. The maximum atomic E-state index is 11.6. The maximum absolute atomic E-state index is 11.6. The molecule has 18 heavy (non-hydrogen) atoms. The number of carbonyl (C=O) groups excluding carboxylic acids is 1. The predicted octanol–water partition coefficient (Wildman–Crippen LogP) is 2.91. The summed E-state index contributed by atoms with van der Waals surface area (Å²) in [5, 5.41) is 1.90. The lowest BCUT2D eigenvalue weighted by Gasteiger charge is -2.45. The van der Waals surface area contributed by atoms with Gasteiger partial charge in [-0.05, 0) is 23.8 Å². The first-order valence-electron chi connectivity index (χ1n) is 6.69. The monoisotopic (exact) mass is 245 g/mol. The smallest absolute Gasteiger partial charge is 0.326 e. The van der Waals surface area contributed by atoms with Gasteiger partial charge in [0.05, 0.1) is 19.0 Å². The summed E-state index contributed by atoms with van der Waals surface area (Å²) in [5.41, 5.74) is 1.46. The molecule has 2 aliphatic rings. The predicted molar refractivity (Wildman–Crippen MR) is 68.4 cm³/mol. The van der Waals surface area contributed by atoms with Crippen molar-refractivity contribution >= 4 is 5.97 Å². The second-order valence-corrected chi connectivity index (χ2v) is 5.75. The number of rotatable bonds is 3. The van der Waals surface area contributed by atoms with Crippen molar-refractivity contribution in [3.8, 4) is 0 Å². The van der Waals surface area contributed by atoms with Crippen molar-refractivity contribution in [2.45, 2.75) is 45.2 Å². The number of nitrogens with zero attached hydrogens (tertiary/aromatic N) is 1. The van der Waals surface area contributed by atoms with Gasteiger partial charge in [-0.15, -0.1) is 5.06 Å². The second-order valence-electron chi connectivity index (χ2n) is 5.75. The molecule has 1 heterocycles. The zero-order valence-electron chi connectivity index (χ0n) is 10.8. The van der Waals surface area contributed by atoms with Gasteiger partial charge in [-0.2, -0.15) is 0 Å². The van der Waals surface area contributed by atoms with E-state index < -0.39 is 0 Å². The van der Waals surface area contributed by atoms with E-state index in [1.807, 2.05) is 23.3 Å². The molecule has 0 amide bonds. The topological polar surface area (TPSA) is 29.5 Å². The van der Waals surface area contributed by atoms with Gasteiger partial charge in [0.25, 0.3) is 0 Å². The average molecular weight is 245 g/mol. The Morgan fingerprint density at radius 2 is 2.06 bits per heavy atom. The van der Waals surface area contributed by atoms with Crippen molar-refractivity contribution in [3.63, 3.8) is 0 Å². The van der Waals surface area contributed by atoms with Crippen LogP contribution in [0, 0.1) is 5.41 Å². The zero-order chi connectivity index (χ0) is 12.6. The van der Waals surface area contributed by atoms with E-state index in [1.54, 1.807) is 0 Å². The highest BCUT2D eigenvalue weighted by molar-refractivity contribution is 5.71. The van der Waals surface area contributed by atoms with Crippen molar-refractivity contribution in [2.24, 2.45) is 5.41 Å². The quantitative estimate of drug-likeness (QED) is 0.820. The van der Waals surface area contributed by atoms with Crippen molar-refractivity contribution < 1.29 is 9.63 Å². The van der Waals surface area contributed by atoms with Gasteiger partial charge in [0, 0.05) is 0 Å². The highest BCUT2D eigenvalue weighted by Crippen LogP contribution is 2.48. The Morgan fingerprint density at radius 3 is 2.67 bits per heavy atom. The summed E-state index contributed by atoms with van der Waals surface area (Å²) in [6, 6.07) is 10.4. The minimum Gasteiger partial charge on any atom is -0.367 e. The largest absolute Gasteiger partial charge is 0.367 e. The molecule has 1 aliphatic heterocycles.